The van der Waals surface area contributed by atoms with Crippen molar-refractivity contribution >= 4 is 0 Å². The minimum atomic E-state index is -4.20. The molecule has 0 bridgehead atoms. The zero-order valence-corrected chi connectivity index (χ0v) is 9.22. The Balaban J connectivity index is 1.68. The molecule has 2 aliphatic carbocycles. The molecule has 0 aromatic heterocycles. The highest BCUT2D eigenvalue weighted by molar-refractivity contribution is 4.88. The molecule has 94 valence electrons. The van der Waals surface area contributed by atoms with Crippen LogP contribution in [0.5, 0.6) is 0 Å². The third kappa shape index (κ3) is 4.29. The highest BCUT2D eigenvalue weighted by Gasteiger charge is 2.32. The van der Waals surface area contributed by atoms with Crippen LogP contribution in [0.1, 0.15) is 38.5 Å². The van der Waals surface area contributed by atoms with E-state index in [2.05, 4.69) is 5.32 Å². The van der Waals surface area contributed by atoms with E-state index in [1.54, 1.807) is 0 Å². The van der Waals surface area contributed by atoms with Crippen molar-refractivity contribution in [1.82, 2.24) is 5.32 Å². The van der Waals surface area contributed by atoms with E-state index in [9.17, 15) is 13.2 Å². The Hall–Kier alpha value is -0.290. The van der Waals surface area contributed by atoms with Gasteiger partial charge in [0.05, 0.1) is 6.10 Å². The van der Waals surface area contributed by atoms with Crippen molar-refractivity contribution in [2.45, 2.75) is 62.9 Å². The van der Waals surface area contributed by atoms with Crippen molar-refractivity contribution < 1.29 is 17.9 Å². The van der Waals surface area contributed by atoms with Crippen LogP contribution in [0.25, 0.3) is 0 Å². The maximum absolute atomic E-state index is 12.0. The molecule has 1 N–H and O–H groups in total. The molecule has 2 saturated carbocycles. The molecule has 0 amide bonds. The summed E-state index contributed by atoms with van der Waals surface area (Å²) >= 11 is 0. The normalized spacial score (nSPS) is 31.7. The van der Waals surface area contributed by atoms with Crippen molar-refractivity contribution in [2.75, 3.05) is 6.61 Å². The van der Waals surface area contributed by atoms with E-state index in [1.165, 1.54) is 12.8 Å². The number of hydrogen-bond donors (Lipinski definition) is 1. The molecular formula is C11H18F3NO. The third-order valence-corrected chi connectivity index (χ3v) is 3.16. The van der Waals surface area contributed by atoms with Gasteiger partial charge < -0.3 is 10.1 Å². The van der Waals surface area contributed by atoms with Gasteiger partial charge in [-0.25, -0.2) is 0 Å². The van der Waals surface area contributed by atoms with Crippen LogP contribution in [0, 0.1) is 0 Å². The minimum Gasteiger partial charge on any atom is -0.369 e. The van der Waals surface area contributed by atoms with E-state index in [0.717, 1.165) is 25.7 Å². The molecule has 0 aromatic rings. The Labute approximate surface area is 93.5 Å². The quantitative estimate of drug-likeness (QED) is 0.811. The largest absolute Gasteiger partial charge is 0.411 e. The monoisotopic (exact) mass is 237 g/mol. The fraction of sp³-hybridized carbons (Fsp3) is 1.00. The average molecular weight is 237 g/mol. The first kappa shape index (κ1) is 12.2. The van der Waals surface area contributed by atoms with Crippen LogP contribution < -0.4 is 5.32 Å². The van der Waals surface area contributed by atoms with E-state index in [4.69, 9.17) is 4.74 Å². The van der Waals surface area contributed by atoms with Gasteiger partial charge in [-0.1, -0.05) is 0 Å². The third-order valence-electron chi connectivity index (χ3n) is 3.16. The van der Waals surface area contributed by atoms with Crippen LogP contribution in [-0.4, -0.2) is 31.0 Å². The van der Waals surface area contributed by atoms with Gasteiger partial charge in [0.2, 0.25) is 0 Å². The minimum absolute atomic E-state index is 0.216. The molecular weight excluding hydrogens is 219 g/mol. The Morgan fingerprint density at radius 3 is 2.44 bits per heavy atom. The van der Waals surface area contributed by atoms with Gasteiger partial charge in [0, 0.05) is 12.1 Å². The van der Waals surface area contributed by atoms with E-state index >= 15 is 0 Å². The summed E-state index contributed by atoms with van der Waals surface area (Å²) in [4.78, 5) is 0. The van der Waals surface area contributed by atoms with Crippen molar-refractivity contribution in [2.24, 2.45) is 0 Å². The maximum atomic E-state index is 12.0. The molecule has 2 fully saturated rings. The first-order chi connectivity index (χ1) is 7.53. The number of halogens is 3. The lowest BCUT2D eigenvalue weighted by Crippen LogP contribution is -2.39. The average Bonchev–Trinajstić information content (AvgIpc) is 2.98. The first-order valence-electron chi connectivity index (χ1n) is 5.97. The molecule has 0 spiro atoms. The second-order valence-corrected chi connectivity index (χ2v) is 4.85. The van der Waals surface area contributed by atoms with Crippen LogP contribution >= 0.6 is 0 Å². The summed E-state index contributed by atoms with van der Waals surface area (Å²) in [6.07, 6.45) is 1.54. The van der Waals surface area contributed by atoms with Gasteiger partial charge in [-0.3, -0.25) is 0 Å². The molecule has 2 unspecified atom stereocenters. The van der Waals surface area contributed by atoms with E-state index < -0.39 is 12.8 Å². The highest BCUT2D eigenvalue weighted by atomic mass is 19.4. The fourth-order valence-electron chi connectivity index (χ4n) is 2.24. The molecule has 0 aromatic carbocycles. The zero-order valence-electron chi connectivity index (χ0n) is 9.22. The Morgan fingerprint density at radius 2 is 1.81 bits per heavy atom. The zero-order chi connectivity index (χ0) is 11.6. The van der Waals surface area contributed by atoms with Gasteiger partial charge in [-0.05, 0) is 38.5 Å². The standard InChI is InChI=1S/C11H18F3NO/c12-11(13,14)7-16-10-3-1-2-9(6-10)15-8-4-5-8/h8-10,15H,1-7H2. The predicted octanol–water partition coefficient (Wildman–Crippen LogP) is 2.63. The van der Waals surface area contributed by atoms with E-state index in [0.29, 0.717) is 12.1 Å². The smallest absolute Gasteiger partial charge is 0.369 e. The molecule has 2 atom stereocenters. The predicted molar refractivity (Wildman–Crippen MR) is 54.2 cm³/mol. The number of ether oxygens (including phenoxy) is 1. The lowest BCUT2D eigenvalue weighted by Gasteiger charge is -2.30. The van der Waals surface area contributed by atoms with Gasteiger partial charge >= 0.3 is 6.18 Å². The summed E-state index contributed by atoms with van der Waals surface area (Å²) < 4.78 is 40.9. The van der Waals surface area contributed by atoms with Crippen molar-refractivity contribution in [1.29, 1.82) is 0 Å². The molecule has 2 aliphatic rings. The second kappa shape index (κ2) is 4.92. The summed E-state index contributed by atoms with van der Waals surface area (Å²) in [6, 6.07) is 0.978. The second-order valence-electron chi connectivity index (χ2n) is 4.85. The van der Waals surface area contributed by atoms with E-state index in [-0.39, 0.29) is 6.10 Å². The summed E-state index contributed by atoms with van der Waals surface area (Å²) in [5.74, 6) is 0. The Morgan fingerprint density at radius 1 is 1.06 bits per heavy atom. The Bertz CT molecular complexity index is 228. The van der Waals surface area contributed by atoms with Gasteiger partial charge in [0.1, 0.15) is 6.61 Å². The first-order valence-corrected chi connectivity index (χ1v) is 5.97. The van der Waals surface area contributed by atoms with E-state index in [1.807, 2.05) is 0 Å². The van der Waals surface area contributed by atoms with Crippen molar-refractivity contribution in [3.05, 3.63) is 0 Å². The lowest BCUT2D eigenvalue weighted by atomic mass is 9.93. The van der Waals surface area contributed by atoms with Crippen LogP contribution in [0.2, 0.25) is 0 Å². The van der Waals surface area contributed by atoms with Gasteiger partial charge in [-0.2, -0.15) is 13.2 Å². The summed E-state index contributed by atoms with van der Waals surface area (Å²) in [6.45, 7) is -1.10. The van der Waals surface area contributed by atoms with Crippen molar-refractivity contribution in [3.8, 4) is 0 Å². The number of alkyl halides is 3. The summed E-state index contributed by atoms with van der Waals surface area (Å²) in [5, 5.41) is 3.46. The van der Waals surface area contributed by atoms with Crippen LogP contribution in [0.3, 0.4) is 0 Å². The summed E-state index contributed by atoms with van der Waals surface area (Å²) in [5.41, 5.74) is 0. The molecule has 0 radical (unpaired) electrons. The van der Waals surface area contributed by atoms with Crippen LogP contribution in [-0.2, 0) is 4.74 Å². The van der Waals surface area contributed by atoms with Gasteiger partial charge in [0.15, 0.2) is 0 Å². The number of hydrogen-bond acceptors (Lipinski definition) is 2. The number of rotatable bonds is 4. The molecule has 0 saturated heterocycles. The van der Waals surface area contributed by atoms with Crippen LogP contribution in [0.4, 0.5) is 13.2 Å². The number of nitrogens with one attached hydrogen (secondary N) is 1. The molecule has 16 heavy (non-hydrogen) atoms. The molecule has 5 heteroatoms. The maximum Gasteiger partial charge on any atom is 0.411 e. The summed E-state index contributed by atoms with van der Waals surface area (Å²) in [7, 11) is 0. The van der Waals surface area contributed by atoms with Crippen LogP contribution in [0.15, 0.2) is 0 Å². The topological polar surface area (TPSA) is 21.3 Å². The SMILES string of the molecule is FC(F)(F)COC1CCCC(NC2CC2)C1. The van der Waals surface area contributed by atoms with Gasteiger partial charge in [-0.15, -0.1) is 0 Å². The highest BCUT2D eigenvalue weighted by Crippen LogP contribution is 2.27. The van der Waals surface area contributed by atoms with Crippen molar-refractivity contribution in [3.63, 3.8) is 0 Å². The molecule has 0 heterocycles. The Kier molecular flexibility index (Phi) is 3.74. The van der Waals surface area contributed by atoms with Gasteiger partial charge in [0.25, 0.3) is 0 Å². The lowest BCUT2D eigenvalue weighted by molar-refractivity contribution is -0.188. The molecule has 2 rings (SSSR count). The fourth-order valence-corrected chi connectivity index (χ4v) is 2.24. The molecule has 2 nitrogen and oxygen atoms in total. The molecule has 0 aliphatic heterocycles.